The molecule has 0 aliphatic carbocycles. The lowest BCUT2D eigenvalue weighted by Gasteiger charge is -2.23. The summed E-state index contributed by atoms with van der Waals surface area (Å²) < 4.78 is 6.13. The highest BCUT2D eigenvalue weighted by atomic mass is 16.5. The first-order valence-electron chi connectivity index (χ1n) is 7.56. The third-order valence-electron chi connectivity index (χ3n) is 3.66. The van der Waals surface area contributed by atoms with Gasteiger partial charge in [0.25, 0.3) is 0 Å². The summed E-state index contributed by atoms with van der Waals surface area (Å²) in [5.41, 5.74) is 9.78. The molecule has 112 valence electrons. The average Bonchev–Trinajstić information content (AvgIpc) is 2.45. The molecule has 0 saturated carbocycles. The second kappa shape index (κ2) is 6.77. The molecule has 0 aliphatic rings. The Balaban J connectivity index is 2.20. The van der Waals surface area contributed by atoms with Crippen LogP contribution in [0.2, 0.25) is 0 Å². The Morgan fingerprint density at radius 2 is 1.57 bits per heavy atom. The minimum atomic E-state index is -0.130. The van der Waals surface area contributed by atoms with Gasteiger partial charge in [-0.25, -0.2) is 0 Å². The molecule has 0 amide bonds. The van der Waals surface area contributed by atoms with Gasteiger partial charge in [-0.15, -0.1) is 0 Å². The minimum Gasteiger partial charge on any atom is -0.484 e. The second-order valence-electron chi connectivity index (χ2n) is 6.04. The van der Waals surface area contributed by atoms with Crippen molar-refractivity contribution in [2.45, 2.75) is 45.8 Å². The third kappa shape index (κ3) is 4.08. The number of aryl methyl sites for hydroxylation is 1. The Hall–Kier alpha value is -1.80. The fourth-order valence-corrected chi connectivity index (χ4v) is 2.40. The van der Waals surface area contributed by atoms with Gasteiger partial charge in [-0.2, -0.15) is 0 Å². The van der Waals surface area contributed by atoms with Crippen molar-refractivity contribution in [1.82, 2.24) is 0 Å². The molecule has 21 heavy (non-hydrogen) atoms. The number of rotatable bonds is 5. The molecule has 0 saturated heterocycles. The van der Waals surface area contributed by atoms with E-state index in [1.165, 1.54) is 11.1 Å². The molecule has 2 rings (SSSR count). The van der Waals surface area contributed by atoms with E-state index in [-0.39, 0.29) is 12.1 Å². The van der Waals surface area contributed by atoms with Crippen molar-refractivity contribution >= 4 is 0 Å². The zero-order valence-electron chi connectivity index (χ0n) is 13.3. The van der Waals surface area contributed by atoms with Crippen LogP contribution in [-0.2, 0) is 0 Å². The monoisotopic (exact) mass is 283 g/mol. The van der Waals surface area contributed by atoms with Crippen LogP contribution in [0.5, 0.6) is 5.75 Å². The maximum atomic E-state index is 6.13. The van der Waals surface area contributed by atoms with Crippen LogP contribution in [0.15, 0.2) is 48.5 Å². The van der Waals surface area contributed by atoms with E-state index in [0.717, 1.165) is 11.3 Å². The molecule has 0 aromatic heterocycles. The van der Waals surface area contributed by atoms with E-state index >= 15 is 0 Å². The van der Waals surface area contributed by atoms with Gasteiger partial charge in [0.2, 0.25) is 0 Å². The minimum absolute atomic E-state index is 0.0726. The zero-order valence-corrected chi connectivity index (χ0v) is 13.3. The Labute approximate surface area is 127 Å². The topological polar surface area (TPSA) is 35.2 Å². The molecule has 0 bridgehead atoms. The van der Waals surface area contributed by atoms with Crippen molar-refractivity contribution in [3.05, 3.63) is 65.2 Å². The fourth-order valence-electron chi connectivity index (χ4n) is 2.40. The van der Waals surface area contributed by atoms with Gasteiger partial charge in [0.1, 0.15) is 11.9 Å². The highest BCUT2D eigenvalue weighted by Crippen LogP contribution is 2.26. The van der Waals surface area contributed by atoms with Gasteiger partial charge in [0, 0.05) is 6.04 Å². The predicted molar refractivity (Wildman–Crippen MR) is 88.7 cm³/mol. The molecule has 2 aromatic rings. The van der Waals surface area contributed by atoms with Gasteiger partial charge in [0.05, 0.1) is 0 Å². The summed E-state index contributed by atoms with van der Waals surface area (Å²) in [7, 11) is 0. The molecule has 2 aromatic carbocycles. The van der Waals surface area contributed by atoms with E-state index in [9.17, 15) is 0 Å². The largest absolute Gasteiger partial charge is 0.484 e. The van der Waals surface area contributed by atoms with Crippen molar-refractivity contribution < 1.29 is 4.74 Å². The van der Waals surface area contributed by atoms with Crippen LogP contribution < -0.4 is 10.5 Å². The maximum Gasteiger partial charge on any atom is 0.138 e. The number of hydrogen-bond acceptors (Lipinski definition) is 2. The molecule has 2 N–H and O–H groups in total. The molecule has 0 heterocycles. The first kappa shape index (κ1) is 15.6. The molecule has 0 spiro atoms. The summed E-state index contributed by atoms with van der Waals surface area (Å²) in [4.78, 5) is 0. The summed E-state index contributed by atoms with van der Waals surface area (Å²) >= 11 is 0. The van der Waals surface area contributed by atoms with E-state index in [2.05, 4.69) is 51.1 Å². The summed E-state index contributed by atoms with van der Waals surface area (Å²) in [5.74, 6) is 1.39. The van der Waals surface area contributed by atoms with Gasteiger partial charge in [-0.3, -0.25) is 0 Å². The normalized spacial score (nSPS) is 14.0. The van der Waals surface area contributed by atoms with Crippen molar-refractivity contribution in [3.63, 3.8) is 0 Å². The Kier molecular flexibility index (Phi) is 5.03. The SMILES string of the molecule is Cc1cccc(C(Oc2ccc(C(C)C)cc2)C(C)N)c1. The lowest BCUT2D eigenvalue weighted by Crippen LogP contribution is -2.29. The average molecular weight is 283 g/mol. The first-order valence-corrected chi connectivity index (χ1v) is 7.56. The zero-order chi connectivity index (χ0) is 15.4. The van der Waals surface area contributed by atoms with Crippen molar-refractivity contribution in [1.29, 1.82) is 0 Å². The quantitative estimate of drug-likeness (QED) is 0.871. The van der Waals surface area contributed by atoms with Crippen molar-refractivity contribution in [2.24, 2.45) is 5.73 Å². The van der Waals surface area contributed by atoms with Gasteiger partial charge < -0.3 is 10.5 Å². The van der Waals surface area contributed by atoms with Gasteiger partial charge >= 0.3 is 0 Å². The van der Waals surface area contributed by atoms with E-state index in [4.69, 9.17) is 10.5 Å². The van der Waals surface area contributed by atoms with E-state index in [1.807, 2.05) is 25.1 Å². The second-order valence-corrected chi connectivity index (χ2v) is 6.04. The summed E-state index contributed by atoms with van der Waals surface area (Å²) in [6, 6.07) is 16.6. The first-order chi connectivity index (χ1) is 9.97. The van der Waals surface area contributed by atoms with Crippen LogP contribution in [0, 0.1) is 6.92 Å². The van der Waals surface area contributed by atoms with Crippen LogP contribution in [0.25, 0.3) is 0 Å². The number of ether oxygens (including phenoxy) is 1. The Bertz CT molecular complexity index is 572. The van der Waals surface area contributed by atoms with E-state index in [1.54, 1.807) is 0 Å². The molecule has 2 unspecified atom stereocenters. The Morgan fingerprint density at radius 3 is 2.10 bits per heavy atom. The van der Waals surface area contributed by atoms with Gasteiger partial charge in [-0.1, -0.05) is 55.8 Å². The van der Waals surface area contributed by atoms with Crippen LogP contribution in [0.3, 0.4) is 0 Å². The molecule has 0 aliphatic heterocycles. The lowest BCUT2D eigenvalue weighted by molar-refractivity contribution is 0.180. The van der Waals surface area contributed by atoms with Crippen molar-refractivity contribution in [2.75, 3.05) is 0 Å². The molecule has 2 heteroatoms. The highest BCUT2D eigenvalue weighted by molar-refractivity contribution is 5.31. The van der Waals surface area contributed by atoms with Crippen LogP contribution >= 0.6 is 0 Å². The molecular weight excluding hydrogens is 258 g/mol. The van der Waals surface area contributed by atoms with Crippen molar-refractivity contribution in [3.8, 4) is 5.75 Å². The highest BCUT2D eigenvalue weighted by Gasteiger charge is 2.18. The van der Waals surface area contributed by atoms with Crippen LogP contribution in [0.4, 0.5) is 0 Å². The lowest BCUT2D eigenvalue weighted by atomic mass is 10.0. The maximum absolute atomic E-state index is 6.13. The van der Waals surface area contributed by atoms with E-state index in [0.29, 0.717) is 5.92 Å². The molecule has 0 fully saturated rings. The number of nitrogens with two attached hydrogens (primary N) is 1. The van der Waals surface area contributed by atoms with Crippen LogP contribution in [0.1, 0.15) is 49.5 Å². The third-order valence-corrected chi connectivity index (χ3v) is 3.66. The molecule has 2 atom stereocenters. The standard InChI is InChI=1S/C19H25NO/c1-13(2)16-8-10-18(11-9-16)21-19(15(4)20)17-7-5-6-14(3)12-17/h5-13,15,19H,20H2,1-4H3. The Morgan fingerprint density at radius 1 is 0.905 bits per heavy atom. The summed E-state index contributed by atoms with van der Waals surface area (Å²) in [5, 5.41) is 0. The fraction of sp³-hybridized carbons (Fsp3) is 0.368. The predicted octanol–water partition coefficient (Wildman–Crippen LogP) is 4.59. The number of benzene rings is 2. The van der Waals surface area contributed by atoms with E-state index < -0.39 is 0 Å². The van der Waals surface area contributed by atoms with Crippen LogP contribution in [-0.4, -0.2) is 6.04 Å². The summed E-state index contributed by atoms with van der Waals surface area (Å²) in [6.07, 6.45) is -0.130. The molecule has 2 nitrogen and oxygen atoms in total. The van der Waals surface area contributed by atoms with Gasteiger partial charge in [0.15, 0.2) is 0 Å². The molecular formula is C19H25NO. The molecule has 0 radical (unpaired) electrons. The number of hydrogen-bond donors (Lipinski definition) is 1. The van der Waals surface area contributed by atoms with Gasteiger partial charge in [-0.05, 0) is 43.0 Å². The smallest absolute Gasteiger partial charge is 0.138 e. The summed E-state index contributed by atoms with van der Waals surface area (Å²) in [6.45, 7) is 8.44.